The summed E-state index contributed by atoms with van der Waals surface area (Å²) in [5.74, 6) is 0. The van der Waals surface area contributed by atoms with E-state index in [2.05, 4.69) is 40.5 Å². The van der Waals surface area contributed by atoms with E-state index in [1.165, 1.54) is 12.0 Å². The van der Waals surface area contributed by atoms with Crippen molar-refractivity contribution in [2.45, 2.75) is 24.9 Å². The van der Waals surface area contributed by atoms with Gasteiger partial charge in [-0.3, -0.25) is 4.90 Å². The van der Waals surface area contributed by atoms with Gasteiger partial charge in [0.05, 0.1) is 13.2 Å². The average Bonchev–Trinajstić information content (AvgIpc) is 2.89. The summed E-state index contributed by atoms with van der Waals surface area (Å²) in [6.45, 7) is 5.14. The molecule has 0 saturated carbocycles. The van der Waals surface area contributed by atoms with Crippen molar-refractivity contribution in [3.05, 3.63) is 35.9 Å². The zero-order chi connectivity index (χ0) is 12.2. The Kier molecular flexibility index (Phi) is 3.93. The lowest BCUT2D eigenvalue weighted by Gasteiger charge is -2.35. The molecule has 18 heavy (non-hydrogen) atoms. The van der Waals surface area contributed by atoms with Gasteiger partial charge in [0.25, 0.3) is 0 Å². The Balaban J connectivity index is 1.63. The molecule has 3 heteroatoms. The fourth-order valence-corrected chi connectivity index (χ4v) is 3.18. The number of ether oxygens (including phenoxy) is 1. The summed E-state index contributed by atoms with van der Waals surface area (Å²) in [6, 6.07) is 12.1. The number of hydrogen-bond acceptors (Lipinski definition) is 3. The van der Waals surface area contributed by atoms with Crippen molar-refractivity contribution in [1.29, 1.82) is 0 Å². The molecule has 2 aliphatic heterocycles. The molecule has 0 radical (unpaired) electrons. The lowest BCUT2D eigenvalue weighted by Crippen LogP contribution is -2.49. The molecule has 0 bridgehead atoms. The second-order valence-electron chi connectivity index (χ2n) is 5.25. The first-order valence-corrected chi connectivity index (χ1v) is 7.02. The molecule has 0 aliphatic carbocycles. The van der Waals surface area contributed by atoms with Crippen molar-refractivity contribution in [1.82, 2.24) is 10.2 Å². The van der Waals surface area contributed by atoms with Gasteiger partial charge in [0.1, 0.15) is 0 Å². The van der Waals surface area contributed by atoms with Crippen molar-refractivity contribution in [3.63, 3.8) is 0 Å². The van der Waals surface area contributed by atoms with Crippen LogP contribution >= 0.6 is 0 Å². The van der Waals surface area contributed by atoms with Crippen LogP contribution in [0.25, 0.3) is 0 Å². The number of nitrogens with one attached hydrogen (secondary N) is 1. The lowest BCUT2D eigenvalue weighted by molar-refractivity contribution is 0.0141. The Morgan fingerprint density at radius 3 is 2.72 bits per heavy atom. The SMILES string of the molecule is c1ccc(C[C@@H]2NCC[C@H]2N2CCOCC2)cc1. The summed E-state index contributed by atoms with van der Waals surface area (Å²) in [4.78, 5) is 2.61. The first kappa shape index (κ1) is 12.2. The highest BCUT2D eigenvalue weighted by molar-refractivity contribution is 5.17. The first-order chi connectivity index (χ1) is 8.93. The minimum absolute atomic E-state index is 0.602. The Morgan fingerprint density at radius 1 is 1.17 bits per heavy atom. The van der Waals surface area contributed by atoms with Crippen molar-refractivity contribution in [3.8, 4) is 0 Å². The van der Waals surface area contributed by atoms with E-state index in [1.54, 1.807) is 0 Å². The first-order valence-electron chi connectivity index (χ1n) is 7.02. The quantitative estimate of drug-likeness (QED) is 0.870. The molecule has 1 N–H and O–H groups in total. The van der Waals surface area contributed by atoms with E-state index in [9.17, 15) is 0 Å². The maximum absolute atomic E-state index is 5.45. The smallest absolute Gasteiger partial charge is 0.0594 e. The summed E-state index contributed by atoms with van der Waals surface area (Å²) in [5.41, 5.74) is 1.44. The average molecular weight is 246 g/mol. The summed E-state index contributed by atoms with van der Waals surface area (Å²) in [5, 5.41) is 3.67. The van der Waals surface area contributed by atoms with Crippen LogP contribution in [0.15, 0.2) is 30.3 Å². The van der Waals surface area contributed by atoms with Gasteiger partial charge in [-0.25, -0.2) is 0 Å². The van der Waals surface area contributed by atoms with Crippen LogP contribution in [0.4, 0.5) is 0 Å². The molecule has 98 valence electrons. The van der Waals surface area contributed by atoms with Crippen LogP contribution in [0.1, 0.15) is 12.0 Å². The molecule has 2 saturated heterocycles. The number of hydrogen-bond donors (Lipinski definition) is 1. The third-order valence-corrected chi connectivity index (χ3v) is 4.12. The topological polar surface area (TPSA) is 24.5 Å². The molecule has 1 aromatic rings. The Bertz CT molecular complexity index is 362. The van der Waals surface area contributed by atoms with Gasteiger partial charge >= 0.3 is 0 Å². The minimum atomic E-state index is 0.602. The van der Waals surface area contributed by atoms with Gasteiger partial charge in [-0.15, -0.1) is 0 Å². The summed E-state index contributed by atoms with van der Waals surface area (Å²) in [7, 11) is 0. The van der Waals surface area contributed by atoms with Gasteiger partial charge in [-0.05, 0) is 24.9 Å². The van der Waals surface area contributed by atoms with Gasteiger partial charge in [-0.2, -0.15) is 0 Å². The highest BCUT2D eigenvalue weighted by Gasteiger charge is 2.32. The Hall–Kier alpha value is -0.900. The Labute approximate surface area is 109 Å². The van der Waals surface area contributed by atoms with Crippen molar-refractivity contribution in [2.75, 3.05) is 32.8 Å². The van der Waals surface area contributed by atoms with Gasteiger partial charge in [0, 0.05) is 25.2 Å². The molecular weight excluding hydrogens is 224 g/mol. The van der Waals surface area contributed by atoms with Crippen LogP contribution in [0.2, 0.25) is 0 Å². The largest absolute Gasteiger partial charge is 0.379 e. The Morgan fingerprint density at radius 2 is 1.94 bits per heavy atom. The fourth-order valence-electron chi connectivity index (χ4n) is 3.18. The maximum Gasteiger partial charge on any atom is 0.0594 e. The van der Waals surface area contributed by atoms with Crippen LogP contribution in [0, 0.1) is 0 Å². The molecule has 3 rings (SSSR count). The number of nitrogens with zero attached hydrogens (tertiary/aromatic N) is 1. The van der Waals surface area contributed by atoms with Crippen molar-refractivity contribution >= 4 is 0 Å². The van der Waals surface area contributed by atoms with E-state index >= 15 is 0 Å². The van der Waals surface area contributed by atoms with E-state index in [-0.39, 0.29) is 0 Å². The molecule has 3 nitrogen and oxygen atoms in total. The third-order valence-electron chi connectivity index (χ3n) is 4.12. The highest BCUT2D eigenvalue weighted by atomic mass is 16.5. The molecule has 0 spiro atoms. The molecule has 2 aliphatic rings. The number of benzene rings is 1. The van der Waals surface area contributed by atoms with Gasteiger partial charge in [-0.1, -0.05) is 30.3 Å². The number of rotatable bonds is 3. The van der Waals surface area contributed by atoms with Crippen LogP contribution in [0.3, 0.4) is 0 Å². The standard InChI is InChI=1S/C15H22N2O/c1-2-4-13(5-3-1)12-14-15(6-7-16-14)17-8-10-18-11-9-17/h1-5,14-16H,6-12H2/t14-,15+/m0/s1. The molecule has 0 unspecified atom stereocenters. The molecular formula is C15H22N2O. The zero-order valence-electron chi connectivity index (χ0n) is 10.8. The summed E-state index contributed by atoms with van der Waals surface area (Å²) in [6.07, 6.45) is 2.42. The predicted octanol–water partition coefficient (Wildman–Crippen LogP) is 1.29. The van der Waals surface area contributed by atoms with Crippen molar-refractivity contribution in [2.24, 2.45) is 0 Å². The molecule has 0 amide bonds. The van der Waals surface area contributed by atoms with Crippen LogP contribution in [-0.4, -0.2) is 49.8 Å². The molecule has 1 aromatic carbocycles. The van der Waals surface area contributed by atoms with Gasteiger partial charge in [0.2, 0.25) is 0 Å². The molecule has 2 atom stereocenters. The maximum atomic E-state index is 5.45. The van der Waals surface area contributed by atoms with E-state index in [4.69, 9.17) is 4.74 Å². The second-order valence-corrected chi connectivity index (χ2v) is 5.25. The van der Waals surface area contributed by atoms with Crippen molar-refractivity contribution < 1.29 is 4.74 Å². The molecule has 2 heterocycles. The summed E-state index contributed by atoms with van der Waals surface area (Å²) >= 11 is 0. The highest BCUT2D eigenvalue weighted by Crippen LogP contribution is 2.19. The van der Waals surface area contributed by atoms with E-state index < -0.39 is 0 Å². The molecule has 2 fully saturated rings. The predicted molar refractivity (Wildman–Crippen MR) is 72.7 cm³/mol. The van der Waals surface area contributed by atoms with E-state index in [1.807, 2.05) is 0 Å². The summed E-state index contributed by atoms with van der Waals surface area (Å²) < 4.78 is 5.45. The van der Waals surface area contributed by atoms with E-state index in [0.29, 0.717) is 12.1 Å². The normalized spacial score (nSPS) is 29.6. The lowest BCUT2D eigenvalue weighted by atomic mass is 9.99. The van der Waals surface area contributed by atoms with Crippen LogP contribution in [-0.2, 0) is 11.2 Å². The minimum Gasteiger partial charge on any atom is -0.379 e. The van der Waals surface area contributed by atoms with Crippen LogP contribution in [0.5, 0.6) is 0 Å². The monoisotopic (exact) mass is 246 g/mol. The van der Waals surface area contributed by atoms with Crippen LogP contribution < -0.4 is 5.32 Å². The van der Waals surface area contributed by atoms with Gasteiger partial charge < -0.3 is 10.1 Å². The van der Waals surface area contributed by atoms with E-state index in [0.717, 1.165) is 39.3 Å². The molecule has 0 aromatic heterocycles. The third kappa shape index (κ3) is 2.74. The van der Waals surface area contributed by atoms with Gasteiger partial charge in [0.15, 0.2) is 0 Å². The zero-order valence-corrected chi connectivity index (χ0v) is 10.8. The number of morpholine rings is 1. The second kappa shape index (κ2) is 5.83. The fraction of sp³-hybridized carbons (Fsp3) is 0.600.